The zero-order chi connectivity index (χ0) is 8.53. The van der Waals surface area contributed by atoms with Crippen molar-refractivity contribution in [1.82, 2.24) is 10.9 Å². The summed E-state index contributed by atoms with van der Waals surface area (Å²) in [6, 6.07) is 0.449. The highest BCUT2D eigenvalue weighted by Crippen LogP contribution is 2.06. The number of hydrazine groups is 1. The molecule has 66 valence electrons. The molecule has 0 saturated carbocycles. The summed E-state index contributed by atoms with van der Waals surface area (Å²) in [5, 5.41) is 0. The van der Waals surface area contributed by atoms with Gasteiger partial charge in [0.1, 0.15) is 0 Å². The van der Waals surface area contributed by atoms with E-state index in [9.17, 15) is 0 Å². The van der Waals surface area contributed by atoms with Crippen LogP contribution in [0.4, 0.5) is 0 Å². The molecule has 4 N–H and O–H groups in total. The van der Waals surface area contributed by atoms with Gasteiger partial charge in [-0.05, 0) is 33.4 Å². The van der Waals surface area contributed by atoms with Crippen LogP contribution in [0.2, 0.25) is 0 Å². The van der Waals surface area contributed by atoms with Gasteiger partial charge in [-0.3, -0.25) is 10.9 Å². The van der Waals surface area contributed by atoms with E-state index >= 15 is 0 Å². The van der Waals surface area contributed by atoms with Gasteiger partial charge in [-0.2, -0.15) is 0 Å². The highest BCUT2D eigenvalue weighted by Gasteiger charge is 2.00. The molecule has 3 heteroatoms. The van der Waals surface area contributed by atoms with Crippen molar-refractivity contribution < 1.29 is 0 Å². The Morgan fingerprint density at radius 3 is 2.09 bits per heavy atom. The maximum absolute atomic E-state index is 5.58. The molecule has 11 heavy (non-hydrogen) atoms. The Kier molecular flexibility index (Phi) is 7.46. The van der Waals surface area contributed by atoms with Crippen LogP contribution in [0.25, 0.3) is 0 Å². The molecule has 0 aromatic carbocycles. The third-order valence-electron chi connectivity index (χ3n) is 1.56. The van der Waals surface area contributed by atoms with Crippen LogP contribution in [0.15, 0.2) is 12.2 Å². The minimum Gasteiger partial charge on any atom is -0.327 e. The molecule has 0 heterocycles. The summed E-state index contributed by atoms with van der Waals surface area (Å²) in [5.41, 5.74) is 10.9. The van der Waals surface area contributed by atoms with Gasteiger partial charge < -0.3 is 5.73 Å². The number of nitrogens with one attached hydrogen (secondary N) is 2. The number of hydrogen-bond donors (Lipinski definition) is 3. The van der Waals surface area contributed by atoms with Crippen LogP contribution in [-0.4, -0.2) is 20.1 Å². The van der Waals surface area contributed by atoms with E-state index in [1.165, 1.54) is 12.8 Å². The molecule has 3 nitrogen and oxygen atoms in total. The molecule has 0 radical (unpaired) electrons. The normalized spacial score (nSPS) is 22.3. The van der Waals surface area contributed by atoms with E-state index in [0.717, 1.165) is 6.42 Å². The summed E-state index contributed by atoms with van der Waals surface area (Å²) in [6.07, 6.45) is 7.80. The van der Waals surface area contributed by atoms with Gasteiger partial charge in [0.2, 0.25) is 0 Å². The Morgan fingerprint density at radius 2 is 1.91 bits per heavy atom. The molecule has 0 saturated heterocycles. The van der Waals surface area contributed by atoms with Crippen molar-refractivity contribution in [2.75, 3.05) is 14.1 Å². The number of rotatable bonds is 1. The standard InChI is InChI=1S/C6H11N.C2H8N2/c7-6-4-2-1-3-5-6;1-3-4-2/h1-2,6H,3-5,7H2;3-4H,1-2H3. The van der Waals surface area contributed by atoms with Gasteiger partial charge in [-0.1, -0.05) is 12.2 Å². The molecular weight excluding hydrogens is 138 g/mol. The van der Waals surface area contributed by atoms with E-state index in [2.05, 4.69) is 23.0 Å². The summed E-state index contributed by atoms with van der Waals surface area (Å²) in [7, 11) is 3.64. The monoisotopic (exact) mass is 157 g/mol. The first-order valence-electron chi connectivity index (χ1n) is 4.05. The SMILES string of the molecule is CNNC.NC1CC=CCC1. The van der Waals surface area contributed by atoms with Crippen LogP contribution < -0.4 is 16.6 Å². The minimum absolute atomic E-state index is 0.449. The number of nitrogens with two attached hydrogens (primary N) is 1. The van der Waals surface area contributed by atoms with Crippen molar-refractivity contribution in [3.8, 4) is 0 Å². The molecule has 0 aliphatic heterocycles. The maximum Gasteiger partial charge on any atom is 0.00763 e. The molecule has 0 fully saturated rings. The Morgan fingerprint density at radius 1 is 1.27 bits per heavy atom. The lowest BCUT2D eigenvalue weighted by Gasteiger charge is -2.09. The summed E-state index contributed by atoms with van der Waals surface area (Å²) in [5.74, 6) is 0. The second-order valence-electron chi connectivity index (χ2n) is 2.54. The first-order valence-corrected chi connectivity index (χ1v) is 4.05. The van der Waals surface area contributed by atoms with Crippen LogP contribution in [0.3, 0.4) is 0 Å². The van der Waals surface area contributed by atoms with Crippen molar-refractivity contribution in [3.63, 3.8) is 0 Å². The molecule has 1 unspecified atom stereocenters. The largest absolute Gasteiger partial charge is 0.327 e. The van der Waals surface area contributed by atoms with Crippen molar-refractivity contribution >= 4 is 0 Å². The molecule has 0 spiro atoms. The van der Waals surface area contributed by atoms with Crippen molar-refractivity contribution in [1.29, 1.82) is 0 Å². The van der Waals surface area contributed by atoms with Crippen LogP contribution in [0.1, 0.15) is 19.3 Å². The Labute approximate surface area is 69.0 Å². The number of hydrogen-bond acceptors (Lipinski definition) is 3. The van der Waals surface area contributed by atoms with Gasteiger partial charge >= 0.3 is 0 Å². The smallest absolute Gasteiger partial charge is 0.00763 e. The van der Waals surface area contributed by atoms with E-state index < -0.39 is 0 Å². The highest BCUT2D eigenvalue weighted by molar-refractivity contribution is 4.91. The first-order chi connectivity index (χ1) is 5.31. The van der Waals surface area contributed by atoms with Crippen molar-refractivity contribution in [2.24, 2.45) is 5.73 Å². The third kappa shape index (κ3) is 7.52. The predicted molar refractivity (Wildman–Crippen MR) is 49.1 cm³/mol. The molecule has 0 aromatic heterocycles. The summed E-state index contributed by atoms with van der Waals surface area (Å²) >= 11 is 0. The van der Waals surface area contributed by atoms with E-state index in [1.54, 1.807) is 0 Å². The molecule has 0 aromatic rings. The van der Waals surface area contributed by atoms with Gasteiger partial charge in [0.25, 0.3) is 0 Å². The van der Waals surface area contributed by atoms with Gasteiger partial charge in [-0.15, -0.1) is 0 Å². The lowest BCUT2D eigenvalue weighted by molar-refractivity contribution is 0.606. The summed E-state index contributed by atoms with van der Waals surface area (Å²) < 4.78 is 0. The van der Waals surface area contributed by atoms with Crippen LogP contribution in [0.5, 0.6) is 0 Å². The molecule has 0 bridgehead atoms. The quantitative estimate of drug-likeness (QED) is 0.381. The number of allylic oxidation sites excluding steroid dienone is 1. The molecule has 1 rings (SSSR count). The van der Waals surface area contributed by atoms with Crippen LogP contribution >= 0.6 is 0 Å². The Hall–Kier alpha value is -0.380. The first kappa shape index (κ1) is 10.6. The third-order valence-corrected chi connectivity index (χ3v) is 1.56. The second kappa shape index (κ2) is 7.72. The summed E-state index contributed by atoms with van der Waals surface area (Å²) in [4.78, 5) is 0. The molecule has 0 amide bonds. The van der Waals surface area contributed by atoms with E-state index in [-0.39, 0.29) is 0 Å². The fraction of sp³-hybridized carbons (Fsp3) is 0.750. The van der Waals surface area contributed by atoms with Gasteiger partial charge in [-0.25, -0.2) is 0 Å². The van der Waals surface area contributed by atoms with E-state index in [4.69, 9.17) is 5.73 Å². The van der Waals surface area contributed by atoms with E-state index in [0.29, 0.717) is 6.04 Å². The van der Waals surface area contributed by atoms with E-state index in [1.807, 2.05) is 14.1 Å². The van der Waals surface area contributed by atoms with Crippen molar-refractivity contribution in [2.45, 2.75) is 25.3 Å². The van der Waals surface area contributed by atoms with Crippen LogP contribution in [-0.2, 0) is 0 Å². The molecule has 1 atom stereocenters. The summed E-state index contributed by atoms with van der Waals surface area (Å²) in [6.45, 7) is 0. The van der Waals surface area contributed by atoms with Gasteiger partial charge in [0.15, 0.2) is 0 Å². The Balaban J connectivity index is 0.000000218. The lowest BCUT2D eigenvalue weighted by atomic mass is 10.0. The minimum atomic E-state index is 0.449. The molecule has 1 aliphatic carbocycles. The van der Waals surface area contributed by atoms with Crippen LogP contribution in [0, 0.1) is 0 Å². The van der Waals surface area contributed by atoms with Crippen molar-refractivity contribution in [3.05, 3.63) is 12.2 Å². The average Bonchev–Trinajstić information content (AvgIpc) is 2.07. The zero-order valence-corrected chi connectivity index (χ0v) is 7.43. The zero-order valence-electron chi connectivity index (χ0n) is 7.43. The fourth-order valence-electron chi connectivity index (χ4n) is 0.817. The van der Waals surface area contributed by atoms with Gasteiger partial charge in [0.05, 0.1) is 0 Å². The molecular formula is C8H19N3. The fourth-order valence-corrected chi connectivity index (χ4v) is 0.817. The lowest BCUT2D eigenvalue weighted by Crippen LogP contribution is -2.21. The topological polar surface area (TPSA) is 50.1 Å². The second-order valence-corrected chi connectivity index (χ2v) is 2.54. The average molecular weight is 157 g/mol. The molecule has 1 aliphatic rings. The van der Waals surface area contributed by atoms with Gasteiger partial charge in [0, 0.05) is 6.04 Å². The predicted octanol–water partition coefficient (Wildman–Crippen LogP) is 0.394. The highest BCUT2D eigenvalue weighted by atomic mass is 15.3. The maximum atomic E-state index is 5.58. The Bertz CT molecular complexity index is 99.5.